The zero-order valence-electron chi connectivity index (χ0n) is 9.56. The second-order valence-corrected chi connectivity index (χ2v) is 5.50. The predicted molar refractivity (Wildman–Crippen MR) is 62.5 cm³/mol. The van der Waals surface area contributed by atoms with Crippen LogP contribution in [0.15, 0.2) is 29.2 Å². The van der Waals surface area contributed by atoms with E-state index < -0.39 is 15.8 Å². The van der Waals surface area contributed by atoms with E-state index in [0.29, 0.717) is 12.8 Å². The lowest BCUT2D eigenvalue weighted by Crippen LogP contribution is -2.33. The third-order valence-corrected chi connectivity index (χ3v) is 3.90. The van der Waals surface area contributed by atoms with Crippen LogP contribution >= 0.6 is 0 Å². The van der Waals surface area contributed by atoms with Gasteiger partial charge in [0, 0.05) is 12.6 Å². The van der Waals surface area contributed by atoms with E-state index in [-0.39, 0.29) is 17.5 Å². The normalized spacial score (nSPS) is 13.6. The molecule has 17 heavy (non-hydrogen) atoms. The van der Waals surface area contributed by atoms with Crippen LogP contribution in [0.25, 0.3) is 0 Å². The lowest BCUT2D eigenvalue weighted by molar-refractivity contribution is 0.279. The molecule has 0 aliphatic rings. The van der Waals surface area contributed by atoms with Crippen LogP contribution in [0, 0.1) is 5.82 Å². The lowest BCUT2D eigenvalue weighted by Gasteiger charge is -2.13. The highest BCUT2D eigenvalue weighted by molar-refractivity contribution is 7.89. The van der Waals surface area contributed by atoms with Crippen LogP contribution in [0.4, 0.5) is 4.39 Å². The average molecular weight is 261 g/mol. The fourth-order valence-electron chi connectivity index (χ4n) is 1.45. The van der Waals surface area contributed by atoms with Gasteiger partial charge in [-0.25, -0.2) is 17.5 Å². The third-order valence-electron chi connectivity index (χ3n) is 2.28. The molecule has 0 saturated carbocycles. The maximum atomic E-state index is 13.3. The first-order chi connectivity index (χ1) is 7.97. The van der Waals surface area contributed by atoms with Crippen molar-refractivity contribution in [1.82, 2.24) is 4.72 Å². The molecular formula is C11H16FNO3S. The summed E-state index contributed by atoms with van der Waals surface area (Å²) in [6, 6.07) is 4.88. The number of hydrogen-bond donors (Lipinski definition) is 2. The second kappa shape index (κ2) is 6.09. The average Bonchev–Trinajstić information content (AvgIpc) is 2.26. The van der Waals surface area contributed by atoms with Crippen molar-refractivity contribution >= 4 is 10.0 Å². The van der Waals surface area contributed by atoms with Crippen molar-refractivity contribution in [2.45, 2.75) is 30.7 Å². The van der Waals surface area contributed by atoms with Crippen LogP contribution in [-0.2, 0) is 10.0 Å². The van der Waals surface area contributed by atoms with E-state index in [0.717, 1.165) is 6.07 Å². The maximum absolute atomic E-state index is 13.3. The molecule has 1 atom stereocenters. The number of sulfonamides is 1. The number of rotatable bonds is 6. The largest absolute Gasteiger partial charge is 0.396 e. The van der Waals surface area contributed by atoms with E-state index in [4.69, 9.17) is 5.11 Å². The van der Waals surface area contributed by atoms with Gasteiger partial charge in [-0.2, -0.15) is 0 Å². The first-order valence-electron chi connectivity index (χ1n) is 5.35. The molecule has 1 aromatic carbocycles. The number of benzene rings is 1. The molecule has 0 saturated heterocycles. The predicted octanol–water partition coefficient (Wildman–Crippen LogP) is 1.26. The number of aliphatic hydroxyl groups excluding tert-OH is 1. The number of aliphatic hydroxyl groups is 1. The van der Waals surface area contributed by atoms with E-state index in [1.165, 1.54) is 18.2 Å². The van der Waals surface area contributed by atoms with E-state index in [1.54, 1.807) is 6.92 Å². The Morgan fingerprint density at radius 3 is 2.65 bits per heavy atom. The van der Waals surface area contributed by atoms with E-state index in [9.17, 15) is 12.8 Å². The van der Waals surface area contributed by atoms with E-state index in [1.807, 2.05) is 0 Å². The van der Waals surface area contributed by atoms with Crippen molar-refractivity contribution in [2.75, 3.05) is 6.61 Å². The van der Waals surface area contributed by atoms with Gasteiger partial charge in [-0.1, -0.05) is 12.1 Å². The van der Waals surface area contributed by atoms with Gasteiger partial charge < -0.3 is 5.11 Å². The Bertz CT molecular complexity index is 462. The van der Waals surface area contributed by atoms with Crippen LogP contribution in [0.1, 0.15) is 19.8 Å². The summed E-state index contributed by atoms with van der Waals surface area (Å²) in [7, 11) is -3.83. The highest BCUT2D eigenvalue weighted by Gasteiger charge is 2.20. The Balaban J connectivity index is 2.79. The van der Waals surface area contributed by atoms with Gasteiger partial charge in [0.25, 0.3) is 0 Å². The summed E-state index contributed by atoms with van der Waals surface area (Å²) in [5.41, 5.74) is 0. The molecule has 0 radical (unpaired) electrons. The van der Waals surface area contributed by atoms with Crippen molar-refractivity contribution < 1.29 is 17.9 Å². The molecule has 1 aromatic rings. The molecule has 0 fully saturated rings. The van der Waals surface area contributed by atoms with Crippen LogP contribution < -0.4 is 4.72 Å². The monoisotopic (exact) mass is 261 g/mol. The smallest absolute Gasteiger partial charge is 0.243 e. The zero-order chi connectivity index (χ0) is 12.9. The summed E-state index contributed by atoms with van der Waals surface area (Å²) >= 11 is 0. The highest BCUT2D eigenvalue weighted by atomic mass is 32.2. The standard InChI is InChI=1S/C11H16FNO3S/c1-9(5-4-8-14)13-17(15,16)11-7-3-2-6-10(11)12/h2-3,6-7,9,13-14H,4-5,8H2,1H3. The molecule has 0 aromatic heterocycles. The first kappa shape index (κ1) is 14.1. The third kappa shape index (κ3) is 4.07. The summed E-state index contributed by atoms with van der Waals surface area (Å²) in [5.74, 6) is -0.769. The lowest BCUT2D eigenvalue weighted by atomic mass is 10.2. The molecule has 0 spiro atoms. The molecule has 1 unspecified atom stereocenters. The Labute approximate surface area is 101 Å². The minimum absolute atomic E-state index is 0.00572. The number of hydrogen-bond acceptors (Lipinski definition) is 3. The molecule has 0 heterocycles. The number of halogens is 1. The van der Waals surface area contributed by atoms with Crippen LogP contribution in [-0.4, -0.2) is 26.2 Å². The van der Waals surface area contributed by atoms with Gasteiger partial charge in [0.1, 0.15) is 10.7 Å². The van der Waals surface area contributed by atoms with Gasteiger partial charge in [0.15, 0.2) is 0 Å². The Morgan fingerprint density at radius 1 is 1.41 bits per heavy atom. The molecule has 2 N–H and O–H groups in total. The topological polar surface area (TPSA) is 66.4 Å². The first-order valence-corrected chi connectivity index (χ1v) is 6.83. The fourth-order valence-corrected chi connectivity index (χ4v) is 2.80. The van der Waals surface area contributed by atoms with Gasteiger partial charge in [0.2, 0.25) is 10.0 Å². The van der Waals surface area contributed by atoms with Gasteiger partial charge in [-0.3, -0.25) is 0 Å². The van der Waals surface area contributed by atoms with Crippen LogP contribution in [0.2, 0.25) is 0 Å². The molecule has 0 aliphatic carbocycles. The van der Waals surface area contributed by atoms with Crippen molar-refractivity contribution in [3.63, 3.8) is 0 Å². The quantitative estimate of drug-likeness (QED) is 0.810. The van der Waals surface area contributed by atoms with Crippen molar-refractivity contribution in [2.24, 2.45) is 0 Å². The molecule has 0 bridgehead atoms. The highest BCUT2D eigenvalue weighted by Crippen LogP contribution is 2.14. The summed E-state index contributed by atoms with van der Waals surface area (Å²) in [6.45, 7) is 1.68. The van der Waals surface area contributed by atoms with Gasteiger partial charge in [0.05, 0.1) is 0 Å². The minimum Gasteiger partial charge on any atom is -0.396 e. The molecule has 0 amide bonds. The fraction of sp³-hybridized carbons (Fsp3) is 0.455. The van der Waals surface area contributed by atoms with Crippen molar-refractivity contribution in [3.05, 3.63) is 30.1 Å². The molecule has 0 aliphatic heterocycles. The number of nitrogens with one attached hydrogen (secondary N) is 1. The van der Waals surface area contributed by atoms with Gasteiger partial charge in [-0.05, 0) is 31.9 Å². The van der Waals surface area contributed by atoms with E-state index in [2.05, 4.69) is 4.72 Å². The van der Waals surface area contributed by atoms with Gasteiger partial charge >= 0.3 is 0 Å². The molecule has 96 valence electrons. The molecule has 1 rings (SSSR count). The Morgan fingerprint density at radius 2 is 2.06 bits per heavy atom. The van der Waals surface area contributed by atoms with E-state index >= 15 is 0 Å². The Hall–Kier alpha value is -0.980. The van der Waals surface area contributed by atoms with Crippen LogP contribution in [0.5, 0.6) is 0 Å². The van der Waals surface area contributed by atoms with Gasteiger partial charge in [-0.15, -0.1) is 0 Å². The maximum Gasteiger partial charge on any atom is 0.243 e. The molecular weight excluding hydrogens is 245 g/mol. The summed E-state index contributed by atoms with van der Waals surface area (Å²) < 4.78 is 39.3. The zero-order valence-corrected chi connectivity index (χ0v) is 10.4. The molecule has 6 heteroatoms. The SMILES string of the molecule is CC(CCCO)NS(=O)(=O)c1ccccc1F. The van der Waals surface area contributed by atoms with Crippen molar-refractivity contribution in [1.29, 1.82) is 0 Å². The van der Waals surface area contributed by atoms with Crippen molar-refractivity contribution in [3.8, 4) is 0 Å². The molecule has 4 nitrogen and oxygen atoms in total. The Kier molecular flexibility index (Phi) is 5.04. The second-order valence-electron chi connectivity index (χ2n) is 3.82. The summed E-state index contributed by atoms with van der Waals surface area (Å²) in [5, 5.41) is 8.64. The van der Waals surface area contributed by atoms with Crippen LogP contribution in [0.3, 0.4) is 0 Å². The minimum atomic E-state index is -3.83. The summed E-state index contributed by atoms with van der Waals surface area (Å²) in [4.78, 5) is -0.351. The summed E-state index contributed by atoms with van der Waals surface area (Å²) in [6.07, 6.45) is 1.01.